The first kappa shape index (κ1) is 12.7. The van der Waals surface area contributed by atoms with Gasteiger partial charge in [0.1, 0.15) is 0 Å². The molecule has 0 radical (unpaired) electrons. The average Bonchev–Trinajstić information content (AvgIpc) is 2.00. The van der Waals surface area contributed by atoms with Crippen LogP contribution in [0, 0.1) is 0 Å². The van der Waals surface area contributed by atoms with Crippen LogP contribution in [0.5, 0.6) is 0 Å². The first-order valence-corrected chi connectivity index (χ1v) is 4.35. The number of alkyl halides is 3. The molecule has 0 saturated heterocycles. The lowest BCUT2D eigenvalue weighted by Crippen LogP contribution is -2.42. The molecule has 0 fully saturated rings. The van der Waals surface area contributed by atoms with Gasteiger partial charge in [-0.1, -0.05) is 6.92 Å². The Kier molecular flexibility index (Phi) is 5.32. The van der Waals surface area contributed by atoms with Crippen LogP contribution in [0.1, 0.15) is 13.8 Å². The largest absolute Gasteiger partial charge is 0.401 e. The van der Waals surface area contributed by atoms with E-state index in [0.717, 1.165) is 0 Å². The van der Waals surface area contributed by atoms with Crippen molar-refractivity contribution in [2.75, 3.05) is 26.7 Å². The predicted octanol–water partition coefficient (Wildman–Crippen LogP) is 1.48. The topological polar surface area (TPSA) is 15.3 Å². The summed E-state index contributed by atoms with van der Waals surface area (Å²) in [5.74, 6) is 0. The molecule has 0 aromatic rings. The molecule has 0 bridgehead atoms. The number of nitrogens with zero attached hydrogens (tertiary/aromatic N) is 1. The minimum Gasteiger partial charge on any atom is -0.316 e. The van der Waals surface area contributed by atoms with Gasteiger partial charge < -0.3 is 5.32 Å². The third-order valence-electron chi connectivity index (χ3n) is 1.87. The number of rotatable bonds is 5. The van der Waals surface area contributed by atoms with Crippen LogP contribution >= 0.6 is 0 Å². The summed E-state index contributed by atoms with van der Waals surface area (Å²) in [7, 11) is 1.74. The zero-order valence-corrected chi connectivity index (χ0v) is 8.28. The molecule has 0 aromatic heterocycles. The van der Waals surface area contributed by atoms with Crippen molar-refractivity contribution in [1.82, 2.24) is 10.2 Å². The van der Waals surface area contributed by atoms with Crippen molar-refractivity contribution in [3.05, 3.63) is 0 Å². The van der Waals surface area contributed by atoms with Crippen molar-refractivity contribution in [3.8, 4) is 0 Å². The summed E-state index contributed by atoms with van der Waals surface area (Å²) in [4.78, 5) is 1.38. The third kappa shape index (κ3) is 6.83. The van der Waals surface area contributed by atoms with Crippen LogP contribution in [0.25, 0.3) is 0 Å². The van der Waals surface area contributed by atoms with E-state index in [-0.39, 0.29) is 6.04 Å². The van der Waals surface area contributed by atoms with E-state index in [4.69, 9.17) is 0 Å². The van der Waals surface area contributed by atoms with Crippen molar-refractivity contribution in [2.24, 2.45) is 0 Å². The molecule has 0 amide bonds. The summed E-state index contributed by atoms with van der Waals surface area (Å²) in [6.07, 6.45) is -4.09. The standard InChI is InChI=1S/C8H17F3N2/c1-4-13(5-7(2)12-3)6-8(9,10)11/h7,12H,4-6H2,1-3H3. The Morgan fingerprint density at radius 1 is 1.38 bits per heavy atom. The number of likely N-dealkylation sites (N-methyl/N-ethyl adjacent to an activating group) is 2. The Morgan fingerprint density at radius 2 is 1.92 bits per heavy atom. The molecule has 1 unspecified atom stereocenters. The van der Waals surface area contributed by atoms with Gasteiger partial charge in [-0.05, 0) is 20.5 Å². The molecular weight excluding hydrogens is 181 g/mol. The SMILES string of the molecule is CCN(CC(C)NC)CC(F)(F)F. The molecule has 13 heavy (non-hydrogen) atoms. The van der Waals surface area contributed by atoms with Crippen LogP contribution in [0.15, 0.2) is 0 Å². The minimum atomic E-state index is -4.09. The van der Waals surface area contributed by atoms with Crippen LogP contribution in [-0.4, -0.2) is 43.8 Å². The van der Waals surface area contributed by atoms with Crippen LogP contribution < -0.4 is 5.32 Å². The predicted molar refractivity (Wildman–Crippen MR) is 46.7 cm³/mol. The highest BCUT2D eigenvalue weighted by atomic mass is 19.4. The highest BCUT2D eigenvalue weighted by molar-refractivity contribution is 4.67. The van der Waals surface area contributed by atoms with E-state index in [1.54, 1.807) is 14.0 Å². The molecule has 0 aromatic carbocycles. The second kappa shape index (κ2) is 5.44. The van der Waals surface area contributed by atoms with Crippen molar-refractivity contribution >= 4 is 0 Å². The summed E-state index contributed by atoms with van der Waals surface area (Å²) in [5.41, 5.74) is 0. The maximum absolute atomic E-state index is 12.0. The van der Waals surface area contributed by atoms with Crippen molar-refractivity contribution in [3.63, 3.8) is 0 Å². The quantitative estimate of drug-likeness (QED) is 0.719. The normalized spacial score (nSPS) is 15.0. The number of hydrogen-bond acceptors (Lipinski definition) is 2. The van der Waals surface area contributed by atoms with Gasteiger partial charge in [0, 0.05) is 12.6 Å². The van der Waals surface area contributed by atoms with Gasteiger partial charge in [-0.25, -0.2) is 0 Å². The first-order chi connectivity index (χ1) is 5.89. The van der Waals surface area contributed by atoms with Crippen molar-refractivity contribution in [1.29, 1.82) is 0 Å². The van der Waals surface area contributed by atoms with E-state index in [1.165, 1.54) is 4.90 Å². The smallest absolute Gasteiger partial charge is 0.316 e. The lowest BCUT2D eigenvalue weighted by molar-refractivity contribution is -0.145. The molecule has 2 nitrogen and oxygen atoms in total. The van der Waals surface area contributed by atoms with Crippen LogP contribution in [0.4, 0.5) is 13.2 Å². The molecule has 0 aliphatic heterocycles. The van der Waals surface area contributed by atoms with Crippen LogP contribution in [-0.2, 0) is 0 Å². The summed E-state index contributed by atoms with van der Waals surface area (Å²) in [6.45, 7) is 3.61. The van der Waals surface area contributed by atoms with Gasteiger partial charge in [0.2, 0.25) is 0 Å². The van der Waals surface area contributed by atoms with E-state index >= 15 is 0 Å². The number of hydrogen-bond donors (Lipinski definition) is 1. The highest BCUT2D eigenvalue weighted by Gasteiger charge is 2.30. The second-order valence-corrected chi connectivity index (χ2v) is 3.13. The fourth-order valence-electron chi connectivity index (χ4n) is 1.04. The Bertz CT molecular complexity index is 136. The highest BCUT2D eigenvalue weighted by Crippen LogP contribution is 2.16. The summed E-state index contributed by atoms with van der Waals surface area (Å²) >= 11 is 0. The van der Waals surface area contributed by atoms with Gasteiger partial charge in [-0.15, -0.1) is 0 Å². The molecular formula is C8H17F3N2. The lowest BCUT2D eigenvalue weighted by atomic mass is 10.3. The maximum atomic E-state index is 12.0. The summed E-state index contributed by atoms with van der Waals surface area (Å²) < 4.78 is 36.0. The Hall–Kier alpha value is -0.290. The number of halogens is 3. The third-order valence-corrected chi connectivity index (χ3v) is 1.87. The molecule has 0 saturated carbocycles. The molecule has 80 valence electrons. The van der Waals surface area contributed by atoms with Gasteiger partial charge in [0.05, 0.1) is 6.54 Å². The molecule has 5 heteroatoms. The molecule has 0 aliphatic carbocycles. The minimum absolute atomic E-state index is 0.0855. The fourth-order valence-corrected chi connectivity index (χ4v) is 1.04. The van der Waals surface area contributed by atoms with Gasteiger partial charge in [-0.3, -0.25) is 4.90 Å². The average molecular weight is 198 g/mol. The molecule has 0 heterocycles. The van der Waals surface area contributed by atoms with E-state index in [0.29, 0.717) is 13.1 Å². The van der Waals surface area contributed by atoms with Crippen molar-refractivity contribution < 1.29 is 13.2 Å². The van der Waals surface area contributed by atoms with E-state index in [1.807, 2.05) is 6.92 Å². The molecule has 1 N–H and O–H groups in total. The Labute approximate surface area is 77.1 Å². The monoisotopic (exact) mass is 198 g/mol. The molecule has 0 aliphatic rings. The zero-order chi connectivity index (χ0) is 10.5. The number of nitrogens with one attached hydrogen (secondary N) is 1. The lowest BCUT2D eigenvalue weighted by Gasteiger charge is -2.24. The maximum Gasteiger partial charge on any atom is 0.401 e. The van der Waals surface area contributed by atoms with E-state index in [2.05, 4.69) is 5.32 Å². The second-order valence-electron chi connectivity index (χ2n) is 3.13. The Morgan fingerprint density at radius 3 is 2.23 bits per heavy atom. The molecule has 0 spiro atoms. The molecule has 0 rings (SSSR count). The first-order valence-electron chi connectivity index (χ1n) is 4.35. The van der Waals surface area contributed by atoms with E-state index < -0.39 is 12.7 Å². The van der Waals surface area contributed by atoms with Gasteiger partial charge in [0.15, 0.2) is 0 Å². The van der Waals surface area contributed by atoms with E-state index in [9.17, 15) is 13.2 Å². The summed E-state index contributed by atoms with van der Waals surface area (Å²) in [6, 6.07) is 0.0855. The Balaban J connectivity index is 3.89. The van der Waals surface area contributed by atoms with Gasteiger partial charge in [0.25, 0.3) is 0 Å². The zero-order valence-electron chi connectivity index (χ0n) is 8.28. The summed E-state index contributed by atoms with van der Waals surface area (Å²) in [5, 5.41) is 2.91. The van der Waals surface area contributed by atoms with Gasteiger partial charge >= 0.3 is 6.18 Å². The van der Waals surface area contributed by atoms with Crippen molar-refractivity contribution in [2.45, 2.75) is 26.1 Å². The van der Waals surface area contributed by atoms with Gasteiger partial charge in [-0.2, -0.15) is 13.2 Å². The fraction of sp³-hybridized carbons (Fsp3) is 1.00. The molecule has 1 atom stereocenters. The van der Waals surface area contributed by atoms with Crippen LogP contribution in [0.2, 0.25) is 0 Å². The van der Waals surface area contributed by atoms with Crippen LogP contribution in [0.3, 0.4) is 0 Å².